The minimum atomic E-state index is -0.366. The molecule has 0 radical (unpaired) electrons. The molecule has 1 aliphatic rings. The number of aromatic amines is 1. The van der Waals surface area contributed by atoms with E-state index in [1.807, 2.05) is 13.8 Å². The lowest BCUT2D eigenvalue weighted by Crippen LogP contribution is -2.51. The summed E-state index contributed by atoms with van der Waals surface area (Å²) in [5, 5.41) is 9.89. The molecule has 17 heavy (non-hydrogen) atoms. The first-order chi connectivity index (χ1) is 7.98. The first-order valence-corrected chi connectivity index (χ1v) is 6.01. The smallest absolute Gasteiger partial charge is 0.231 e. The number of nitrogens with zero attached hydrogens (tertiary/aromatic N) is 1. The number of aromatic nitrogens is 2. The lowest BCUT2D eigenvalue weighted by atomic mass is 9.62. The maximum atomic E-state index is 12.3. The zero-order valence-corrected chi connectivity index (χ0v) is 10.6. The van der Waals surface area contributed by atoms with Crippen LogP contribution in [0.4, 0.5) is 5.69 Å². The zero-order valence-electron chi connectivity index (χ0n) is 10.6. The molecular formula is C12H20N4O. The molecule has 0 saturated heterocycles. The van der Waals surface area contributed by atoms with E-state index in [0.717, 1.165) is 29.9 Å². The van der Waals surface area contributed by atoms with Crippen molar-refractivity contribution in [1.82, 2.24) is 10.2 Å². The number of aryl methyl sites for hydroxylation is 2. The average molecular weight is 236 g/mol. The second-order valence-corrected chi connectivity index (χ2v) is 5.26. The molecule has 0 aliphatic heterocycles. The fourth-order valence-electron chi connectivity index (χ4n) is 2.70. The molecule has 94 valence electrons. The lowest BCUT2D eigenvalue weighted by molar-refractivity contribution is -0.132. The van der Waals surface area contributed by atoms with Gasteiger partial charge in [-0.05, 0) is 32.6 Å². The van der Waals surface area contributed by atoms with E-state index in [-0.39, 0.29) is 11.3 Å². The Morgan fingerprint density at radius 1 is 1.59 bits per heavy atom. The van der Waals surface area contributed by atoms with Crippen LogP contribution in [0.3, 0.4) is 0 Å². The molecular weight excluding hydrogens is 216 g/mol. The van der Waals surface area contributed by atoms with Crippen molar-refractivity contribution in [2.75, 3.05) is 11.9 Å². The second-order valence-electron chi connectivity index (χ2n) is 5.26. The van der Waals surface area contributed by atoms with Gasteiger partial charge in [-0.25, -0.2) is 0 Å². The fraction of sp³-hybridized carbons (Fsp3) is 0.667. The average Bonchev–Trinajstić information content (AvgIpc) is 2.56. The van der Waals surface area contributed by atoms with Gasteiger partial charge in [-0.3, -0.25) is 9.89 Å². The second kappa shape index (κ2) is 4.14. The van der Waals surface area contributed by atoms with Gasteiger partial charge in [0.25, 0.3) is 0 Å². The van der Waals surface area contributed by atoms with Crippen molar-refractivity contribution in [3.05, 3.63) is 11.4 Å². The Kier molecular flexibility index (Phi) is 2.95. The van der Waals surface area contributed by atoms with Crippen LogP contribution in [0.5, 0.6) is 0 Å². The number of nitrogens with two attached hydrogens (primary N) is 1. The lowest BCUT2D eigenvalue weighted by Gasteiger charge is -2.44. The third-order valence-electron chi connectivity index (χ3n) is 3.72. The molecule has 1 amide bonds. The summed E-state index contributed by atoms with van der Waals surface area (Å²) in [5.74, 6) is 0.626. The van der Waals surface area contributed by atoms with Gasteiger partial charge in [0.15, 0.2) is 0 Å². The molecule has 0 spiro atoms. The molecule has 4 N–H and O–H groups in total. The maximum absolute atomic E-state index is 12.3. The summed E-state index contributed by atoms with van der Waals surface area (Å²) in [6.07, 6.45) is 1.76. The SMILES string of the molecule is Cc1n[nH]c(C)c1NC(=O)C1(CN)CC(C)C1. The topological polar surface area (TPSA) is 83.8 Å². The van der Waals surface area contributed by atoms with Crippen molar-refractivity contribution >= 4 is 11.6 Å². The van der Waals surface area contributed by atoms with Crippen LogP contribution in [0.15, 0.2) is 0 Å². The predicted molar refractivity (Wildman–Crippen MR) is 66.6 cm³/mol. The number of rotatable bonds is 3. The molecule has 0 aromatic carbocycles. The van der Waals surface area contributed by atoms with Crippen molar-refractivity contribution in [1.29, 1.82) is 0 Å². The first kappa shape index (κ1) is 12.1. The third-order valence-corrected chi connectivity index (χ3v) is 3.72. The van der Waals surface area contributed by atoms with Crippen molar-refractivity contribution in [2.24, 2.45) is 17.1 Å². The Morgan fingerprint density at radius 2 is 2.24 bits per heavy atom. The van der Waals surface area contributed by atoms with E-state index in [2.05, 4.69) is 22.4 Å². The van der Waals surface area contributed by atoms with Crippen LogP contribution in [0.1, 0.15) is 31.2 Å². The summed E-state index contributed by atoms with van der Waals surface area (Å²) in [5.41, 5.74) is 7.88. The molecule has 1 aromatic rings. The van der Waals surface area contributed by atoms with E-state index in [1.54, 1.807) is 0 Å². The monoisotopic (exact) mass is 236 g/mol. The minimum Gasteiger partial charge on any atom is -0.329 e. The van der Waals surface area contributed by atoms with Crippen molar-refractivity contribution in [3.63, 3.8) is 0 Å². The van der Waals surface area contributed by atoms with Crippen LogP contribution >= 0.6 is 0 Å². The van der Waals surface area contributed by atoms with Crippen LogP contribution in [-0.2, 0) is 4.79 Å². The predicted octanol–water partition coefficient (Wildman–Crippen LogP) is 1.34. The van der Waals surface area contributed by atoms with Crippen LogP contribution in [0.25, 0.3) is 0 Å². The quantitative estimate of drug-likeness (QED) is 0.740. The van der Waals surface area contributed by atoms with E-state index < -0.39 is 0 Å². The van der Waals surface area contributed by atoms with Gasteiger partial charge in [0.05, 0.1) is 22.5 Å². The molecule has 2 rings (SSSR count). The highest BCUT2D eigenvalue weighted by atomic mass is 16.2. The van der Waals surface area contributed by atoms with Crippen molar-refractivity contribution in [3.8, 4) is 0 Å². The van der Waals surface area contributed by atoms with Gasteiger partial charge in [0, 0.05) is 6.54 Å². The van der Waals surface area contributed by atoms with E-state index in [4.69, 9.17) is 5.73 Å². The third kappa shape index (κ3) is 1.95. The van der Waals surface area contributed by atoms with E-state index in [9.17, 15) is 4.79 Å². The summed E-state index contributed by atoms with van der Waals surface area (Å²) >= 11 is 0. The minimum absolute atomic E-state index is 0.0331. The standard InChI is InChI=1S/C12H20N4O/c1-7-4-12(5-7,6-13)11(17)14-10-8(2)15-16-9(10)3/h7H,4-6,13H2,1-3H3,(H,14,17)(H,15,16). The molecule has 1 saturated carbocycles. The Hall–Kier alpha value is -1.36. The largest absolute Gasteiger partial charge is 0.329 e. The fourth-order valence-corrected chi connectivity index (χ4v) is 2.70. The number of anilines is 1. The van der Waals surface area contributed by atoms with Crippen LogP contribution < -0.4 is 11.1 Å². The Morgan fingerprint density at radius 3 is 2.65 bits per heavy atom. The van der Waals surface area contributed by atoms with E-state index in [0.29, 0.717) is 12.5 Å². The number of carbonyl (C=O) groups is 1. The molecule has 0 bridgehead atoms. The normalized spacial score (nSPS) is 27.6. The van der Waals surface area contributed by atoms with Crippen molar-refractivity contribution < 1.29 is 4.79 Å². The van der Waals surface area contributed by atoms with Crippen molar-refractivity contribution in [2.45, 2.75) is 33.6 Å². The summed E-state index contributed by atoms with van der Waals surface area (Å²) < 4.78 is 0. The molecule has 1 fully saturated rings. The number of nitrogens with one attached hydrogen (secondary N) is 2. The Balaban J connectivity index is 2.12. The molecule has 5 nitrogen and oxygen atoms in total. The van der Waals surface area contributed by atoms with Gasteiger partial charge in [-0.1, -0.05) is 6.92 Å². The number of carbonyl (C=O) groups excluding carboxylic acids is 1. The molecule has 1 heterocycles. The van der Waals surface area contributed by atoms with E-state index in [1.165, 1.54) is 0 Å². The molecule has 5 heteroatoms. The zero-order chi connectivity index (χ0) is 12.6. The van der Waals surface area contributed by atoms with Gasteiger partial charge in [0.2, 0.25) is 5.91 Å². The molecule has 1 aliphatic carbocycles. The summed E-state index contributed by atoms with van der Waals surface area (Å²) in [6.45, 7) is 6.33. The van der Waals surface area contributed by atoms with Crippen LogP contribution in [-0.4, -0.2) is 22.6 Å². The van der Waals surface area contributed by atoms with Gasteiger partial charge in [-0.15, -0.1) is 0 Å². The Labute approximate surface area is 101 Å². The van der Waals surface area contributed by atoms with Crippen LogP contribution in [0.2, 0.25) is 0 Å². The summed E-state index contributed by atoms with van der Waals surface area (Å²) in [4.78, 5) is 12.3. The summed E-state index contributed by atoms with van der Waals surface area (Å²) in [7, 11) is 0. The first-order valence-electron chi connectivity index (χ1n) is 6.01. The van der Waals surface area contributed by atoms with Gasteiger partial charge in [0.1, 0.15) is 0 Å². The number of hydrogen-bond donors (Lipinski definition) is 3. The Bertz CT molecular complexity index is 412. The highest BCUT2D eigenvalue weighted by Crippen LogP contribution is 2.45. The van der Waals surface area contributed by atoms with Gasteiger partial charge < -0.3 is 11.1 Å². The molecule has 0 unspecified atom stereocenters. The van der Waals surface area contributed by atoms with Crippen LogP contribution in [0, 0.1) is 25.2 Å². The summed E-state index contributed by atoms with van der Waals surface area (Å²) in [6, 6.07) is 0. The van der Waals surface area contributed by atoms with Gasteiger partial charge in [-0.2, -0.15) is 5.10 Å². The van der Waals surface area contributed by atoms with E-state index >= 15 is 0 Å². The maximum Gasteiger partial charge on any atom is 0.231 e. The highest BCUT2D eigenvalue weighted by molar-refractivity contribution is 5.97. The van der Waals surface area contributed by atoms with Gasteiger partial charge >= 0.3 is 0 Å². The number of hydrogen-bond acceptors (Lipinski definition) is 3. The molecule has 1 aromatic heterocycles. The number of amides is 1. The molecule has 0 atom stereocenters. The number of H-pyrrole nitrogens is 1. The highest BCUT2D eigenvalue weighted by Gasteiger charge is 2.47.